The van der Waals surface area contributed by atoms with Crippen LogP contribution in [-0.4, -0.2) is 0 Å². The zero-order valence-electron chi connectivity index (χ0n) is 4.82. The molecule has 0 atom stereocenters. The van der Waals surface area contributed by atoms with Gasteiger partial charge in [-0.2, -0.15) is 0 Å². The Morgan fingerprint density at radius 3 is 0.714 bits per heavy atom. The Balaban J connectivity index is 0.000000360. The van der Waals surface area contributed by atoms with Crippen LogP contribution in [0.4, 0.5) is 0 Å². The molecular weight excluding hydrogens is 161 g/mol. The van der Waals surface area contributed by atoms with Crippen molar-refractivity contribution < 1.29 is 32.7 Å². The van der Waals surface area contributed by atoms with E-state index in [2.05, 4.69) is 0 Å². The van der Waals surface area contributed by atoms with Gasteiger partial charge in [0.2, 0.25) is 0 Å². The van der Waals surface area contributed by atoms with Crippen molar-refractivity contribution in [2.75, 3.05) is 0 Å². The summed E-state index contributed by atoms with van der Waals surface area (Å²) in [4.78, 5) is 0. The van der Waals surface area contributed by atoms with Crippen LogP contribution < -0.4 is 0 Å². The van der Waals surface area contributed by atoms with E-state index in [4.69, 9.17) is 0 Å². The molecule has 0 aliphatic heterocycles. The molecule has 1 rings (SSSR count). The van der Waals surface area contributed by atoms with Crippen LogP contribution in [0.3, 0.4) is 0 Å². The summed E-state index contributed by atoms with van der Waals surface area (Å²) in [5, 5.41) is 0. The second-order valence-corrected chi connectivity index (χ2v) is 2.12. The van der Waals surface area contributed by atoms with Gasteiger partial charge in [-0.05, 0) is 0 Å². The van der Waals surface area contributed by atoms with Crippen LogP contribution in [0.2, 0.25) is 0 Å². The van der Waals surface area contributed by atoms with Gasteiger partial charge in [-0.3, -0.25) is 0 Å². The second kappa shape index (κ2) is 5.24. The number of hydrogen-bond acceptors (Lipinski definition) is 0. The van der Waals surface area contributed by atoms with Gasteiger partial charge in [-0.1, -0.05) is 38.5 Å². The normalized spacial score (nSPS) is 20.6. The maximum atomic E-state index is 1.50. The summed E-state index contributed by atoms with van der Waals surface area (Å²) in [7, 11) is 0. The fourth-order valence-electron chi connectivity index (χ4n) is 1.06. The Morgan fingerprint density at radius 2 is 0.571 bits per heavy atom. The SMILES string of the molecule is C1CCCCC1.[Y]. The predicted molar refractivity (Wildman–Crippen MR) is 27.7 cm³/mol. The van der Waals surface area contributed by atoms with Crippen molar-refractivity contribution in [3.63, 3.8) is 0 Å². The summed E-state index contributed by atoms with van der Waals surface area (Å²) in [6.45, 7) is 0. The molecule has 0 spiro atoms. The minimum Gasteiger partial charge on any atom is -0.0533 e. The largest absolute Gasteiger partial charge is 0.0533 e. The smallest absolute Gasteiger partial charge is 0 e. The molecule has 0 saturated heterocycles. The molecule has 1 fully saturated rings. The van der Waals surface area contributed by atoms with E-state index in [0.717, 1.165) is 0 Å². The molecule has 1 saturated carbocycles. The fraction of sp³-hybridized carbons (Fsp3) is 1.00. The van der Waals surface area contributed by atoms with Crippen LogP contribution in [0.15, 0.2) is 0 Å². The monoisotopic (exact) mass is 173 g/mol. The molecule has 1 radical (unpaired) electrons. The maximum Gasteiger partial charge on any atom is 0 e. The van der Waals surface area contributed by atoms with Crippen LogP contribution in [0.5, 0.6) is 0 Å². The summed E-state index contributed by atoms with van der Waals surface area (Å²) in [5.74, 6) is 0. The summed E-state index contributed by atoms with van der Waals surface area (Å²) in [6.07, 6.45) is 9.00. The topological polar surface area (TPSA) is 0 Å². The molecule has 39 valence electrons. The van der Waals surface area contributed by atoms with Crippen molar-refractivity contribution in [1.29, 1.82) is 0 Å². The van der Waals surface area contributed by atoms with Gasteiger partial charge in [0.1, 0.15) is 0 Å². The molecule has 0 heterocycles. The molecule has 0 nitrogen and oxygen atoms in total. The van der Waals surface area contributed by atoms with Gasteiger partial charge in [0.05, 0.1) is 0 Å². The molecule has 0 bridgehead atoms. The summed E-state index contributed by atoms with van der Waals surface area (Å²) < 4.78 is 0. The third-order valence-corrected chi connectivity index (χ3v) is 1.50. The molecule has 0 N–H and O–H groups in total. The van der Waals surface area contributed by atoms with Gasteiger partial charge in [-0.25, -0.2) is 0 Å². The average molecular weight is 173 g/mol. The maximum absolute atomic E-state index is 1.50. The van der Waals surface area contributed by atoms with Gasteiger partial charge in [-0.15, -0.1) is 0 Å². The van der Waals surface area contributed by atoms with Gasteiger partial charge < -0.3 is 0 Å². The quantitative estimate of drug-likeness (QED) is 0.527. The van der Waals surface area contributed by atoms with Crippen molar-refractivity contribution in [1.82, 2.24) is 0 Å². The first-order valence-corrected chi connectivity index (χ1v) is 3.00. The molecule has 7 heavy (non-hydrogen) atoms. The summed E-state index contributed by atoms with van der Waals surface area (Å²) in [5.41, 5.74) is 0. The van der Waals surface area contributed by atoms with E-state index in [-0.39, 0.29) is 32.7 Å². The van der Waals surface area contributed by atoms with Crippen molar-refractivity contribution in [2.45, 2.75) is 38.5 Å². The molecule has 0 aromatic rings. The molecule has 1 aliphatic carbocycles. The van der Waals surface area contributed by atoms with Gasteiger partial charge in [0.25, 0.3) is 0 Å². The standard InChI is InChI=1S/C6H12.Y/c1-2-4-6-5-3-1;/h1-6H2;. The Morgan fingerprint density at radius 1 is 0.429 bits per heavy atom. The molecule has 0 aromatic heterocycles. The molecule has 0 amide bonds. The second-order valence-electron chi connectivity index (χ2n) is 2.12. The molecule has 0 unspecified atom stereocenters. The van der Waals surface area contributed by atoms with E-state index in [1.165, 1.54) is 38.5 Å². The van der Waals surface area contributed by atoms with Crippen molar-refractivity contribution in [3.05, 3.63) is 0 Å². The zero-order chi connectivity index (χ0) is 4.24. The van der Waals surface area contributed by atoms with Crippen molar-refractivity contribution >= 4 is 0 Å². The Hall–Kier alpha value is 1.10. The van der Waals surface area contributed by atoms with Gasteiger partial charge in [0.15, 0.2) is 0 Å². The third-order valence-electron chi connectivity index (χ3n) is 1.50. The molecule has 0 aromatic carbocycles. The van der Waals surface area contributed by atoms with E-state index in [1.807, 2.05) is 0 Å². The summed E-state index contributed by atoms with van der Waals surface area (Å²) in [6, 6.07) is 0. The van der Waals surface area contributed by atoms with Crippen molar-refractivity contribution in [2.24, 2.45) is 0 Å². The van der Waals surface area contributed by atoms with E-state index in [1.54, 1.807) is 0 Å². The van der Waals surface area contributed by atoms with Crippen LogP contribution in [-0.2, 0) is 32.7 Å². The van der Waals surface area contributed by atoms with E-state index in [0.29, 0.717) is 0 Å². The van der Waals surface area contributed by atoms with Crippen LogP contribution in [0, 0.1) is 0 Å². The molecule has 1 aliphatic rings. The third kappa shape index (κ3) is 3.67. The number of rotatable bonds is 0. The average Bonchev–Trinajstić information content (AvgIpc) is 1.72. The van der Waals surface area contributed by atoms with Crippen LogP contribution in [0.1, 0.15) is 38.5 Å². The first-order valence-electron chi connectivity index (χ1n) is 3.00. The van der Waals surface area contributed by atoms with Crippen LogP contribution >= 0.6 is 0 Å². The Bertz CT molecular complexity index is 19.7. The first-order chi connectivity index (χ1) is 3.00. The number of hydrogen-bond donors (Lipinski definition) is 0. The van der Waals surface area contributed by atoms with E-state index < -0.39 is 0 Å². The van der Waals surface area contributed by atoms with Gasteiger partial charge in [0, 0.05) is 32.7 Å². The minimum absolute atomic E-state index is 0. The zero-order valence-corrected chi connectivity index (χ0v) is 7.66. The molecule has 1 heteroatoms. The Kier molecular flexibility index (Phi) is 6.07. The predicted octanol–water partition coefficient (Wildman–Crippen LogP) is 2.34. The Labute approximate surface area is 70.9 Å². The van der Waals surface area contributed by atoms with Crippen LogP contribution in [0.25, 0.3) is 0 Å². The fourth-order valence-corrected chi connectivity index (χ4v) is 1.06. The minimum atomic E-state index is 0. The van der Waals surface area contributed by atoms with E-state index in [9.17, 15) is 0 Å². The summed E-state index contributed by atoms with van der Waals surface area (Å²) >= 11 is 0. The van der Waals surface area contributed by atoms with E-state index >= 15 is 0 Å². The van der Waals surface area contributed by atoms with Crippen molar-refractivity contribution in [3.8, 4) is 0 Å². The molecular formula is C6H12Y. The first kappa shape index (κ1) is 8.10. The van der Waals surface area contributed by atoms with Gasteiger partial charge >= 0.3 is 0 Å².